The fourth-order valence-corrected chi connectivity index (χ4v) is 4.29. The summed E-state index contributed by atoms with van der Waals surface area (Å²) in [6, 6.07) is 10.2. The maximum absolute atomic E-state index is 12.7. The maximum Gasteiger partial charge on any atom is 0.227 e. The minimum Gasteiger partial charge on any atom is -0.342 e. The van der Waals surface area contributed by atoms with Crippen LogP contribution >= 0.6 is 11.3 Å². The molecule has 5 nitrogen and oxygen atoms in total. The van der Waals surface area contributed by atoms with Crippen molar-refractivity contribution < 1.29 is 9.32 Å². The summed E-state index contributed by atoms with van der Waals surface area (Å²) in [5, 5.41) is 8.10. The Balaban J connectivity index is 1.36. The Morgan fingerprint density at radius 3 is 3.11 bits per heavy atom. The molecule has 1 unspecified atom stereocenters. The molecule has 0 bridgehead atoms. The van der Waals surface area contributed by atoms with Gasteiger partial charge in [0.15, 0.2) is 0 Å². The number of amides is 1. The summed E-state index contributed by atoms with van der Waals surface area (Å²) < 4.78 is 5.44. The van der Waals surface area contributed by atoms with Crippen LogP contribution in [0.5, 0.6) is 0 Å². The molecule has 1 amide bonds. The van der Waals surface area contributed by atoms with E-state index in [2.05, 4.69) is 29.2 Å². The summed E-state index contributed by atoms with van der Waals surface area (Å²) in [6.45, 7) is 3.66. The number of piperidine rings is 1. The molecular formula is C21H23N3O2S. The molecule has 27 heavy (non-hydrogen) atoms. The number of thiophene rings is 1. The van der Waals surface area contributed by atoms with Crippen LogP contribution in [0, 0.1) is 12.8 Å². The maximum atomic E-state index is 12.7. The zero-order chi connectivity index (χ0) is 18.6. The molecule has 1 saturated heterocycles. The van der Waals surface area contributed by atoms with E-state index in [0.717, 1.165) is 43.5 Å². The molecule has 6 heteroatoms. The lowest BCUT2D eigenvalue weighted by atomic mass is 9.94. The monoisotopic (exact) mass is 381 g/mol. The van der Waals surface area contributed by atoms with Gasteiger partial charge in [0.05, 0.1) is 6.42 Å². The topological polar surface area (TPSA) is 59.2 Å². The average molecular weight is 382 g/mol. The van der Waals surface area contributed by atoms with Crippen LogP contribution in [0.15, 0.2) is 45.6 Å². The first kappa shape index (κ1) is 17.9. The summed E-state index contributed by atoms with van der Waals surface area (Å²) in [6.07, 6.45) is 3.31. The predicted molar refractivity (Wildman–Crippen MR) is 106 cm³/mol. The lowest BCUT2D eigenvalue weighted by Gasteiger charge is -2.32. The van der Waals surface area contributed by atoms with Crippen molar-refractivity contribution in [2.24, 2.45) is 5.92 Å². The van der Waals surface area contributed by atoms with Crippen molar-refractivity contribution in [1.82, 2.24) is 15.0 Å². The second-order valence-corrected chi connectivity index (χ2v) is 8.02. The molecule has 0 aliphatic carbocycles. The number of carbonyl (C=O) groups is 1. The highest BCUT2D eigenvalue weighted by molar-refractivity contribution is 7.08. The number of hydrogen-bond donors (Lipinski definition) is 0. The molecule has 0 radical (unpaired) electrons. The third-order valence-electron chi connectivity index (χ3n) is 5.02. The van der Waals surface area contributed by atoms with Crippen molar-refractivity contribution in [3.05, 3.63) is 58.1 Å². The summed E-state index contributed by atoms with van der Waals surface area (Å²) in [5.74, 6) is 1.88. The van der Waals surface area contributed by atoms with E-state index in [1.54, 1.807) is 11.3 Å². The van der Waals surface area contributed by atoms with Gasteiger partial charge in [-0.1, -0.05) is 35.0 Å². The Bertz CT molecular complexity index is 904. The van der Waals surface area contributed by atoms with Gasteiger partial charge in [0.2, 0.25) is 17.6 Å². The Kier molecular flexibility index (Phi) is 5.34. The lowest BCUT2D eigenvalue weighted by Crippen LogP contribution is -2.41. The number of carbonyl (C=O) groups excluding carboxylic acids is 1. The van der Waals surface area contributed by atoms with E-state index in [-0.39, 0.29) is 5.91 Å². The minimum atomic E-state index is 0.204. The first-order valence-corrected chi connectivity index (χ1v) is 10.3. The molecule has 0 N–H and O–H groups in total. The van der Waals surface area contributed by atoms with Crippen molar-refractivity contribution in [2.75, 3.05) is 13.1 Å². The molecule has 2 aromatic heterocycles. The molecule has 1 aliphatic rings. The summed E-state index contributed by atoms with van der Waals surface area (Å²) in [5.41, 5.74) is 3.27. The van der Waals surface area contributed by atoms with E-state index in [0.29, 0.717) is 24.1 Å². The molecule has 4 rings (SSSR count). The third kappa shape index (κ3) is 4.45. The lowest BCUT2D eigenvalue weighted by molar-refractivity contribution is -0.132. The van der Waals surface area contributed by atoms with E-state index >= 15 is 0 Å². The zero-order valence-electron chi connectivity index (χ0n) is 15.4. The van der Waals surface area contributed by atoms with Crippen molar-refractivity contribution in [1.29, 1.82) is 0 Å². The van der Waals surface area contributed by atoms with Gasteiger partial charge in [-0.3, -0.25) is 4.79 Å². The van der Waals surface area contributed by atoms with Gasteiger partial charge in [-0.15, -0.1) is 0 Å². The van der Waals surface area contributed by atoms with Crippen LogP contribution in [-0.4, -0.2) is 34.0 Å². The molecule has 3 aromatic rings. The van der Waals surface area contributed by atoms with Crippen LogP contribution in [0.4, 0.5) is 0 Å². The molecule has 0 spiro atoms. The average Bonchev–Trinajstić information content (AvgIpc) is 3.33. The van der Waals surface area contributed by atoms with E-state index in [4.69, 9.17) is 4.52 Å². The highest BCUT2D eigenvalue weighted by Gasteiger charge is 2.25. The molecule has 1 fully saturated rings. The smallest absolute Gasteiger partial charge is 0.227 e. The van der Waals surface area contributed by atoms with E-state index in [1.165, 1.54) is 5.56 Å². The Hall–Kier alpha value is -2.47. The molecule has 3 heterocycles. The van der Waals surface area contributed by atoms with Crippen LogP contribution in [0.1, 0.15) is 29.9 Å². The van der Waals surface area contributed by atoms with Crippen LogP contribution in [-0.2, 0) is 17.6 Å². The fourth-order valence-electron chi connectivity index (χ4n) is 3.66. The second-order valence-electron chi connectivity index (χ2n) is 7.24. The molecule has 1 aliphatic heterocycles. The zero-order valence-corrected chi connectivity index (χ0v) is 16.2. The van der Waals surface area contributed by atoms with Gasteiger partial charge >= 0.3 is 0 Å². The normalized spacial score (nSPS) is 17.2. The van der Waals surface area contributed by atoms with E-state index in [9.17, 15) is 4.79 Å². The van der Waals surface area contributed by atoms with Crippen molar-refractivity contribution in [3.8, 4) is 11.4 Å². The van der Waals surface area contributed by atoms with Gasteiger partial charge in [0.25, 0.3) is 0 Å². The van der Waals surface area contributed by atoms with Gasteiger partial charge in [0.1, 0.15) is 0 Å². The molecular weight excluding hydrogens is 358 g/mol. The summed E-state index contributed by atoms with van der Waals surface area (Å²) >= 11 is 1.62. The van der Waals surface area contributed by atoms with Gasteiger partial charge in [-0.25, -0.2) is 0 Å². The fraction of sp³-hybridized carbons (Fsp3) is 0.381. The number of aryl methyl sites for hydroxylation is 1. The Morgan fingerprint density at radius 2 is 2.30 bits per heavy atom. The van der Waals surface area contributed by atoms with Crippen LogP contribution < -0.4 is 0 Å². The van der Waals surface area contributed by atoms with Crippen LogP contribution in [0.3, 0.4) is 0 Å². The Labute approximate surface area is 163 Å². The summed E-state index contributed by atoms with van der Waals surface area (Å²) in [7, 11) is 0. The van der Waals surface area contributed by atoms with Gasteiger partial charge in [-0.2, -0.15) is 16.3 Å². The Morgan fingerprint density at radius 1 is 1.37 bits per heavy atom. The highest BCUT2D eigenvalue weighted by atomic mass is 32.1. The SMILES string of the molecule is Cc1cccc(CC(=O)N2CCCC(Cc3nc(-c4ccsc4)no3)C2)c1. The first-order chi connectivity index (χ1) is 13.2. The first-order valence-electron chi connectivity index (χ1n) is 9.36. The number of likely N-dealkylation sites (tertiary alicyclic amines) is 1. The summed E-state index contributed by atoms with van der Waals surface area (Å²) in [4.78, 5) is 19.2. The minimum absolute atomic E-state index is 0.204. The van der Waals surface area contributed by atoms with Gasteiger partial charge in [-0.05, 0) is 42.7 Å². The van der Waals surface area contributed by atoms with Gasteiger partial charge in [0, 0.05) is 30.5 Å². The van der Waals surface area contributed by atoms with E-state index < -0.39 is 0 Å². The molecule has 0 saturated carbocycles. The highest BCUT2D eigenvalue weighted by Crippen LogP contribution is 2.23. The quantitative estimate of drug-likeness (QED) is 0.667. The number of aromatic nitrogens is 2. The van der Waals surface area contributed by atoms with Crippen LogP contribution in [0.2, 0.25) is 0 Å². The van der Waals surface area contributed by atoms with Crippen LogP contribution in [0.25, 0.3) is 11.4 Å². The largest absolute Gasteiger partial charge is 0.342 e. The number of hydrogen-bond acceptors (Lipinski definition) is 5. The second kappa shape index (κ2) is 8.05. The number of rotatable bonds is 5. The standard InChI is InChI=1S/C21H23N3O2S/c1-15-4-2-5-16(10-15)12-20(25)24-8-3-6-17(13-24)11-19-22-21(23-26-19)18-7-9-27-14-18/h2,4-5,7,9-10,14,17H,3,6,8,11-13H2,1H3. The molecule has 140 valence electrons. The third-order valence-corrected chi connectivity index (χ3v) is 5.70. The van der Waals surface area contributed by atoms with Crippen molar-refractivity contribution in [3.63, 3.8) is 0 Å². The predicted octanol–water partition coefficient (Wildman–Crippen LogP) is 4.13. The van der Waals surface area contributed by atoms with E-state index in [1.807, 2.05) is 33.9 Å². The van der Waals surface area contributed by atoms with Crippen molar-refractivity contribution in [2.45, 2.75) is 32.6 Å². The van der Waals surface area contributed by atoms with Crippen molar-refractivity contribution >= 4 is 17.2 Å². The van der Waals surface area contributed by atoms with Gasteiger partial charge < -0.3 is 9.42 Å². The number of nitrogens with zero attached hydrogens (tertiary/aromatic N) is 3. The molecule has 1 atom stereocenters. The molecule has 1 aromatic carbocycles. The number of benzene rings is 1.